The summed E-state index contributed by atoms with van der Waals surface area (Å²) in [5.74, 6) is -0.169. The van der Waals surface area contributed by atoms with Gasteiger partial charge in [0.25, 0.3) is 5.91 Å². The van der Waals surface area contributed by atoms with Gasteiger partial charge in [-0.15, -0.1) is 0 Å². The number of carbonyl (C=O) groups is 2. The molecule has 0 bridgehead atoms. The molecule has 4 nitrogen and oxygen atoms in total. The minimum atomic E-state index is -0.135. The maximum Gasteiger partial charge on any atom is 0.251 e. The zero-order valence-corrected chi connectivity index (χ0v) is 12.6. The van der Waals surface area contributed by atoms with Crippen LogP contribution in [0.5, 0.6) is 0 Å². The van der Waals surface area contributed by atoms with Crippen molar-refractivity contribution in [2.24, 2.45) is 0 Å². The minimum Gasteiger partial charge on any atom is -0.352 e. The highest BCUT2D eigenvalue weighted by Crippen LogP contribution is 2.23. The Bertz CT molecular complexity index is 743. The molecule has 5 heteroatoms. The molecule has 2 N–H and O–H groups in total. The Morgan fingerprint density at radius 2 is 2.09 bits per heavy atom. The highest BCUT2D eigenvalue weighted by atomic mass is 35.5. The zero-order chi connectivity index (χ0) is 15.5. The third-order valence-corrected chi connectivity index (χ3v) is 3.82. The lowest BCUT2D eigenvalue weighted by atomic mass is 10.1. The third kappa shape index (κ3) is 3.28. The van der Waals surface area contributed by atoms with Crippen molar-refractivity contribution in [3.05, 3.63) is 64.2 Å². The summed E-state index contributed by atoms with van der Waals surface area (Å²) < 4.78 is 0. The van der Waals surface area contributed by atoms with Crippen molar-refractivity contribution >= 4 is 29.1 Å². The molecule has 1 aliphatic heterocycles. The number of anilines is 1. The van der Waals surface area contributed by atoms with Gasteiger partial charge in [-0.1, -0.05) is 23.7 Å². The summed E-state index contributed by atoms with van der Waals surface area (Å²) in [4.78, 5) is 23.5. The zero-order valence-electron chi connectivity index (χ0n) is 11.9. The van der Waals surface area contributed by atoms with Crippen molar-refractivity contribution in [3.63, 3.8) is 0 Å². The van der Waals surface area contributed by atoms with Gasteiger partial charge >= 0.3 is 0 Å². The van der Waals surface area contributed by atoms with E-state index in [0.717, 1.165) is 23.2 Å². The van der Waals surface area contributed by atoms with Crippen LogP contribution in [0.25, 0.3) is 0 Å². The largest absolute Gasteiger partial charge is 0.352 e. The van der Waals surface area contributed by atoms with Crippen LogP contribution in [0.4, 0.5) is 5.69 Å². The first-order valence-electron chi connectivity index (χ1n) is 7.07. The molecule has 22 heavy (non-hydrogen) atoms. The van der Waals surface area contributed by atoms with E-state index >= 15 is 0 Å². The number of hydrogen-bond acceptors (Lipinski definition) is 2. The quantitative estimate of drug-likeness (QED) is 0.911. The lowest BCUT2D eigenvalue weighted by Gasteiger charge is -2.07. The number of fused-ring (bicyclic) bond motifs is 1. The van der Waals surface area contributed by atoms with E-state index in [4.69, 9.17) is 11.6 Å². The molecule has 0 fully saturated rings. The molecular formula is C17H15ClN2O2. The van der Waals surface area contributed by atoms with E-state index in [1.165, 1.54) is 0 Å². The number of benzene rings is 2. The molecule has 0 atom stereocenters. The van der Waals surface area contributed by atoms with E-state index in [1.54, 1.807) is 18.2 Å². The molecule has 2 amide bonds. The Kier molecular flexibility index (Phi) is 4.11. The average molecular weight is 315 g/mol. The molecule has 3 rings (SSSR count). The van der Waals surface area contributed by atoms with Gasteiger partial charge < -0.3 is 10.6 Å². The third-order valence-electron chi connectivity index (χ3n) is 3.58. The fraction of sp³-hybridized carbons (Fsp3) is 0.176. The van der Waals surface area contributed by atoms with Crippen molar-refractivity contribution in [3.8, 4) is 0 Å². The van der Waals surface area contributed by atoms with Gasteiger partial charge in [-0.3, -0.25) is 9.59 Å². The molecule has 0 radical (unpaired) electrons. The van der Waals surface area contributed by atoms with Crippen LogP contribution >= 0.6 is 11.6 Å². The lowest BCUT2D eigenvalue weighted by molar-refractivity contribution is -0.115. The van der Waals surface area contributed by atoms with Crippen molar-refractivity contribution < 1.29 is 9.59 Å². The van der Waals surface area contributed by atoms with Crippen molar-refractivity contribution in [2.75, 3.05) is 11.9 Å². The van der Waals surface area contributed by atoms with Crippen LogP contribution in [-0.4, -0.2) is 18.4 Å². The van der Waals surface area contributed by atoms with Crippen LogP contribution in [0.2, 0.25) is 5.02 Å². The summed E-state index contributed by atoms with van der Waals surface area (Å²) in [6.07, 6.45) is 1.05. The monoisotopic (exact) mass is 314 g/mol. The van der Waals surface area contributed by atoms with E-state index in [1.807, 2.05) is 24.3 Å². The summed E-state index contributed by atoms with van der Waals surface area (Å²) >= 11 is 5.93. The van der Waals surface area contributed by atoms with Gasteiger partial charge in [0.05, 0.1) is 6.42 Å². The molecule has 2 aromatic carbocycles. The van der Waals surface area contributed by atoms with Gasteiger partial charge in [0, 0.05) is 22.8 Å². The number of carbonyl (C=O) groups excluding carboxylic acids is 2. The van der Waals surface area contributed by atoms with E-state index in [9.17, 15) is 9.59 Å². The highest BCUT2D eigenvalue weighted by Gasteiger charge is 2.18. The van der Waals surface area contributed by atoms with Gasteiger partial charge in [0.1, 0.15) is 0 Å². The van der Waals surface area contributed by atoms with Crippen molar-refractivity contribution in [2.45, 2.75) is 12.8 Å². The van der Waals surface area contributed by atoms with Crippen LogP contribution in [0.1, 0.15) is 21.5 Å². The average Bonchev–Trinajstić information content (AvgIpc) is 2.86. The summed E-state index contributed by atoms with van der Waals surface area (Å²) in [6, 6.07) is 12.8. The number of amides is 2. The SMILES string of the molecule is O=C1Cc2cc(C(=O)NCCc3cccc(Cl)c3)ccc2N1. The highest BCUT2D eigenvalue weighted by molar-refractivity contribution is 6.30. The number of hydrogen-bond donors (Lipinski definition) is 2. The Morgan fingerprint density at radius 1 is 1.23 bits per heavy atom. The molecular weight excluding hydrogens is 300 g/mol. The van der Waals surface area contributed by atoms with Crippen LogP contribution in [0.15, 0.2) is 42.5 Å². The van der Waals surface area contributed by atoms with Crippen LogP contribution < -0.4 is 10.6 Å². The Labute approximate surface area is 133 Å². The van der Waals surface area contributed by atoms with Crippen LogP contribution in [-0.2, 0) is 17.6 Å². The normalized spacial score (nSPS) is 12.7. The summed E-state index contributed by atoms with van der Waals surface area (Å²) in [5, 5.41) is 6.33. The maximum atomic E-state index is 12.1. The molecule has 2 aromatic rings. The molecule has 0 unspecified atom stereocenters. The second kappa shape index (κ2) is 6.20. The molecule has 0 spiro atoms. The number of nitrogens with one attached hydrogen (secondary N) is 2. The second-order valence-electron chi connectivity index (χ2n) is 5.23. The topological polar surface area (TPSA) is 58.2 Å². The van der Waals surface area contributed by atoms with Crippen LogP contribution in [0, 0.1) is 0 Å². The van der Waals surface area contributed by atoms with E-state index in [2.05, 4.69) is 10.6 Å². The first kappa shape index (κ1) is 14.6. The summed E-state index contributed by atoms with van der Waals surface area (Å²) in [5.41, 5.74) is 3.31. The Balaban J connectivity index is 1.59. The standard InChI is InChI=1S/C17H15ClN2O2/c18-14-3-1-2-11(8-14)6-7-19-17(22)12-4-5-15-13(9-12)10-16(21)20-15/h1-5,8-9H,6-7,10H2,(H,19,22)(H,20,21). The maximum absolute atomic E-state index is 12.1. The molecule has 0 aromatic heterocycles. The predicted molar refractivity (Wildman–Crippen MR) is 86.3 cm³/mol. The van der Waals surface area contributed by atoms with Crippen LogP contribution in [0.3, 0.4) is 0 Å². The van der Waals surface area contributed by atoms with E-state index in [-0.39, 0.29) is 11.8 Å². The van der Waals surface area contributed by atoms with Gasteiger partial charge in [-0.25, -0.2) is 0 Å². The smallest absolute Gasteiger partial charge is 0.251 e. The second-order valence-corrected chi connectivity index (χ2v) is 5.67. The molecule has 0 saturated heterocycles. The van der Waals surface area contributed by atoms with Crippen molar-refractivity contribution in [1.29, 1.82) is 0 Å². The van der Waals surface area contributed by atoms with E-state index < -0.39 is 0 Å². The fourth-order valence-corrected chi connectivity index (χ4v) is 2.70. The van der Waals surface area contributed by atoms with Crippen molar-refractivity contribution in [1.82, 2.24) is 5.32 Å². The van der Waals surface area contributed by atoms with E-state index in [0.29, 0.717) is 23.6 Å². The molecule has 1 heterocycles. The Morgan fingerprint density at radius 3 is 2.91 bits per heavy atom. The summed E-state index contributed by atoms with van der Waals surface area (Å²) in [6.45, 7) is 0.535. The predicted octanol–water partition coefficient (Wildman–Crippen LogP) is 2.81. The number of halogens is 1. The molecule has 112 valence electrons. The minimum absolute atomic E-state index is 0.0338. The van der Waals surface area contributed by atoms with Gasteiger partial charge in [-0.2, -0.15) is 0 Å². The fourth-order valence-electron chi connectivity index (χ4n) is 2.49. The molecule has 0 aliphatic carbocycles. The molecule has 1 aliphatic rings. The van der Waals surface area contributed by atoms with Gasteiger partial charge in [0.15, 0.2) is 0 Å². The first-order valence-corrected chi connectivity index (χ1v) is 7.45. The van der Waals surface area contributed by atoms with Gasteiger partial charge in [-0.05, 0) is 47.9 Å². The first-order chi connectivity index (χ1) is 10.6. The Hall–Kier alpha value is -2.33. The number of rotatable bonds is 4. The lowest BCUT2D eigenvalue weighted by Crippen LogP contribution is -2.25. The molecule has 0 saturated carbocycles. The van der Waals surface area contributed by atoms with Gasteiger partial charge in [0.2, 0.25) is 5.91 Å². The summed E-state index contributed by atoms with van der Waals surface area (Å²) in [7, 11) is 0.